The molecule has 2 rings (SSSR count). The van der Waals surface area contributed by atoms with Crippen molar-refractivity contribution in [1.82, 2.24) is 4.57 Å². The van der Waals surface area contributed by atoms with Crippen molar-refractivity contribution in [3.8, 4) is 5.75 Å². The lowest BCUT2D eigenvalue weighted by Gasteiger charge is -2.09. The van der Waals surface area contributed by atoms with Gasteiger partial charge in [0.25, 0.3) is 0 Å². The summed E-state index contributed by atoms with van der Waals surface area (Å²) in [6.07, 6.45) is -0.750. The molecule has 0 fully saturated rings. The first-order chi connectivity index (χ1) is 9.87. The Labute approximate surface area is 120 Å². The second-order valence-corrected chi connectivity index (χ2v) is 4.54. The molecule has 0 aliphatic rings. The van der Waals surface area contributed by atoms with E-state index in [2.05, 4.69) is 4.74 Å². The molecule has 0 N–H and O–H groups in total. The Balaban J connectivity index is 2.03. The molecule has 0 aliphatic carbocycles. The predicted octanol–water partition coefficient (Wildman–Crippen LogP) is 4.03. The lowest BCUT2D eigenvalue weighted by Crippen LogP contribution is -2.17. The molecule has 0 saturated heterocycles. The van der Waals surface area contributed by atoms with E-state index in [-0.39, 0.29) is 11.5 Å². The summed E-state index contributed by atoms with van der Waals surface area (Å²) in [4.78, 5) is 11.5. The van der Waals surface area contributed by atoms with Crippen LogP contribution in [-0.2, 0) is 6.54 Å². The van der Waals surface area contributed by atoms with Crippen LogP contribution >= 0.6 is 0 Å². The van der Waals surface area contributed by atoms with E-state index < -0.39 is 6.36 Å². The van der Waals surface area contributed by atoms with Crippen molar-refractivity contribution in [2.45, 2.75) is 26.3 Å². The van der Waals surface area contributed by atoms with Crippen molar-refractivity contribution in [2.24, 2.45) is 0 Å². The Morgan fingerprint density at radius 2 is 1.86 bits per heavy atom. The van der Waals surface area contributed by atoms with Gasteiger partial charge >= 0.3 is 6.36 Å². The number of aromatic nitrogens is 1. The molecule has 2 aromatic rings. The molecular formula is C15H14F3NO2. The molecule has 0 amide bonds. The van der Waals surface area contributed by atoms with Gasteiger partial charge in [-0.05, 0) is 23.8 Å². The van der Waals surface area contributed by atoms with Crippen LogP contribution in [0, 0.1) is 0 Å². The van der Waals surface area contributed by atoms with Crippen molar-refractivity contribution in [3.05, 3.63) is 53.9 Å². The molecule has 0 saturated carbocycles. The number of nitrogens with zero attached hydrogens (tertiary/aromatic N) is 1. The number of ketones is 1. The highest BCUT2D eigenvalue weighted by atomic mass is 19.4. The average Bonchev–Trinajstić information content (AvgIpc) is 2.87. The van der Waals surface area contributed by atoms with Gasteiger partial charge in [0.2, 0.25) is 0 Å². The van der Waals surface area contributed by atoms with Gasteiger partial charge in [-0.15, -0.1) is 13.2 Å². The number of hydrogen-bond acceptors (Lipinski definition) is 2. The maximum absolute atomic E-state index is 12.0. The van der Waals surface area contributed by atoms with Crippen LogP contribution in [-0.4, -0.2) is 16.7 Å². The Morgan fingerprint density at radius 1 is 1.19 bits per heavy atom. The van der Waals surface area contributed by atoms with Gasteiger partial charge in [-0.25, -0.2) is 0 Å². The van der Waals surface area contributed by atoms with Crippen molar-refractivity contribution >= 4 is 5.78 Å². The molecule has 1 aromatic heterocycles. The normalized spacial score (nSPS) is 11.4. The zero-order valence-corrected chi connectivity index (χ0v) is 11.4. The van der Waals surface area contributed by atoms with Crippen LogP contribution in [0.15, 0.2) is 42.7 Å². The van der Waals surface area contributed by atoms with Gasteiger partial charge in [-0.2, -0.15) is 0 Å². The molecule has 0 atom stereocenters. The number of carbonyl (C=O) groups is 1. The standard InChI is InChI=1S/C15H14F3NO2/c1-2-14(20)12-7-8-19(10-12)9-11-3-5-13(6-4-11)21-15(16,17)18/h3-8,10H,2,9H2,1H3. The number of halogens is 3. The van der Waals surface area contributed by atoms with Crippen LogP contribution in [0.5, 0.6) is 5.75 Å². The van der Waals surface area contributed by atoms with Crippen molar-refractivity contribution in [1.29, 1.82) is 0 Å². The first-order valence-electron chi connectivity index (χ1n) is 6.41. The number of ether oxygens (including phenoxy) is 1. The summed E-state index contributed by atoms with van der Waals surface area (Å²) in [5.41, 5.74) is 1.45. The fourth-order valence-electron chi connectivity index (χ4n) is 1.92. The van der Waals surface area contributed by atoms with E-state index >= 15 is 0 Å². The summed E-state index contributed by atoms with van der Waals surface area (Å²) in [7, 11) is 0. The lowest BCUT2D eigenvalue weighted by atomic mass is 10.2. The molecular weight excluding hydrogens is 283 g/mol. The number of rotatable bonds is 5. The summed E-state index contributed by atoms with van der Waals surface area (Å²) < 4.78 is 41.7. The smallest absolute Gasteiger partial charge is 0.406 e. The molecule has 112 valence electrons. The predicted molar refractivity (Wildman–Crippen MR) is 71.3 cm³/mol. The number of benzene rings is 1. The minimum atomic E-state index is -4.68. The van der Waals surface area contributed by atoms with Crippen molar-refractivity contribution in [3.63, 3.8) is 0 Å². The molecule has 0 spiro atoms. The van der Waals surface area contributed by atoms with Gasteiger partial charge in [0.15, 0.2) is 5.78 Å². The lowest BCUT2D eigenvalue weighted by molar-refractivity contribution is -0.274. The summed E-state index contributed by atoms with van der Waals surface area (Å²) in [6.45, 7) is 2.27. The number of carbonyl (C=O) groups excluding carboxylic acids is 1. The topological polar surface area (TPSA) is 31.2 Å². The zero-order chi connectivity index (χ0) is 15.5. The molecule has 1 aromatic carbocycles. The SMILES string of the molecule is CCC(=O)c1ccn(Cc2ccc(OC(F)(F)F)cc2)c1. The third-order valence-electron chi connectivity index (χ3n) is 2.92. The molecule has 0 radical (unpaired) electrons. The molecule has 6 heteroatoms. The van der Waals surface area contributed by atoms with Gasteiger partial charge < -0.3 is 9.30 Å². The summed E-state index contributed by atoms with van der Waals surface area (Å²) in [6, 6.07) is 7.38. The largest absolute Gasteiger partial charge is 0.573 e. The van der Waals surface area contributed by atoms with Gasteiger partial charge in [-0.3, -0.25) is 4.79 Å². The Bertz CT molecular complexity index is 615. The summed E-state index contributed by atoms with van der Waals surface area (Å²) >= 11 is 0. The number of Topliss-reactive ketones (excluding diaryl/α,β-unsaturated/α-hetero) is 1. The average molecular weight is 297 g/mol. The minimum absolute atomic E-state index is 0.0580. The highest BCUT2D eigenvalue weighted by Gasteiger charge is 2.30. The van der Waals surface area contributed by atoms with Crippen LogP contribution in [0.4, 0.5) is 13.2 Å². The summed E-state index contributed by atoms with van der Waals surface area (Å²) in [5, 5.41) is 0. The Morgan fingerprint density at radius 3 is 2.43 bits per heavy atom. The van der Waals surface area contributed by atoms with E-state index in [1.54, 1.807) is 37.5 Å². The Hall–Kier alpha value is -2.24. The second kappa shape index (κ2) is 6.03. The van der Waals surface area contributed by atoms with Crippen molar-refractivity contribution in [2.75, 3.05) is 0 Å². The van der Waals surface area contributed by atoms with Gasteiger partial charge in [0.1, 0.15) is 5.75 Å². The zero-order valence-electron chi connectivity index (χ0n) is 11.4. The minimum Gasteiger partial charge on any atom is -0.406 e. The molecule has 0 aliphatic heterocycles. The van der Waals surface area contributed by atoms with Gasteiger partial charge in [0, 0.05) is 30.9 Å². The van der Waals surface area contributed by atoms with E-state index in [0.717, 1.165) is 5.56 Å². The van der Waals surface area contributed by atoms with Gasteiger partial charge in [0.05, 0.1) is 0 Å². The van der Waals surface area contributed by atoms with E-state index in [1.807, 2.05) is 4.57 Å². The first-order valence-corrected chi connectivity index (χ1v) is 6.41. The highest BCUT2D eigenvalue weighted by molar-refractivity contribution is 5.95. The van der Waals surface area contributed by atoms with Gasteiger partial charge in [-0.1, -0.05) is 19.1 Å². The van der Waals surface area contributed by atoms with Crippen LogP contribution in [0.3, 0.4) is 0 Å². The molecule has 3 nitrogen and oxygen atoms in total. The molecule has 21 heavy (non-hydrogen) atoms. The van der Waals surface area contributed by atoms with E-state index in [1.165, 1.54) is 12.1 Å². The number of hydrogen-bond donors (Lipinski definition) is 0. The second-order valence-electron chi connectivity index (χ2n) is 4.54. The maximum Gasteiger partial charge on any atom is 0.573 e. The molecule has 0 bridgehead atoms. The monoisotopic (exact) mass is 297 g/mol. The highest BCUT2D eigenvalue weighted by Crippen LogP contribution is 2.23. The van der Waals surface area contributed by atoms with Crippen LogP contribution in [0.2, 0.25) is 0 Å². The maximum atomic E-state index is 12.0. The fourth-order valence-corrected chi connectivity index (χ4v) is 1.92. The Kier molecular flexibility index (Phi) is 4.35. The van der Waals surface area contributed by atoms with Crippen LogP contribution in [0.25, 0.3) is 0 Å². The summed E-state index contributed by atoms with van der Waals surface area (Å²) in [5.74, 6) is -0.191. The third kappa shape index (κ3) is 4.37. The number of alkyl halides is 3. The third-order valence-corrected chi connectivity index (χ3v) is 2.92. The van der Waals surface area contributed by atoms with E-state index in [4.69, 9.17) is 0 Å². The van der Waals surface area contributed by atoms with E-state index in [9.17, 15) is 18.0 Å². The van der Waals surface area contributed by atoms with Crippen molar-refractivity contribution < 1.29 is 22.7 Å². The fraction of sp³-hybridized carbons (Fsp3) is 0.267. The molecule has 0 unspecified atom stereocenters. The van der Waals surface area contributed by atoms with Crippen LogP contribution < -0.4 is 4.74 Å². The van der Waals surface area contributed by atoms with E-state index in [0.29, 0.717) is 18.5 Å². The molecule has 1 heterocycles. The van der Waals surface area contributed by atoms with Crippen LogP contribution in [0.1, 0.15) is 29.3 Å². The first kappa shape index (κ1) is 15.2. The quantitative estimate of drug-likeness (QED) is 0.780.